The summed E-state index contributed by atoms with van der Waals surface area (Å²) in [5, 5.41) is 0. The Hall–Kier alpha value is -0.870. The fraction of sp³-hybridized carbons (Fsp3) is 0.533. The molecule has 1 aliphatic rings. The van der Waals surface area contributed by atoms with Crippen molar-refractivity contribution in [3.8, 4) is 0 Å². The molecule has 104 valence electrons. The maximum atomic E-state index is 12.5. The standard InChI is InChI=1S/C15H21BrN2O/c1-3-11-9-18(7-6-14(11)17)15(19)12-4-5-13(16)10(2)8-12/h4-5,8,11,14H,3,6-7,9,17H2,1-2H3. The molecule has 1 saturated heterocycles. The van der Waals surface area contributed by atoms with Crippen molar-refractivity contribution in [2.45, 2.75) is 32.7 Å². The van der Waals surface area contributed by atoms with Crippen LogP contribution in [0, 0.1) is 12.8 Å². The van der Waals surface area contributed by atoms with Gasteiger partial charge in [0.2, 0.25) is 0 Å². The number of carbonyl (C=O) groups is 1. The number of hydrogen-bond acceptors (Lipinski definition) is 2. The SMILES string of the molecule is CCC1CN(C(=O)c2ccc(Br)c(C)c2)CCC1N. The van der Waals surface area contributed by atoms with Crippen LogP contribution in [0.3, 0.4) is 0 Å². The van der Waals surface area contributed by atoms with Gasteiger partial charge in [-0.3, -0.25) is 4.79 Å². The van der Waals surface area contributed by atoms with Crippen LogP contribution in [0.15, 0.2) is 22.7 Å². The van der Waals surface area contributed by atoms with Gasteiger partial charge < -0.3 is 10.6 Å². The van der Waals surface area contributed by atoms with Crippen LogP contribution in [-0.2, 0) is 0 Å². The molecule has 19 heavy (non-hydrogen) atoms. The van der Waals surface area contributed by atoms with E-state index in [0.29, 0.717) is 5.92 Å². The second kappa shape index (κ2) is 6.06. The van der Waals surface area contributed by atoms with E-state index in [1.807, 2.05) is 30.0 Å². The highest BCUT2D eigenvalue weighted by Gasteiger charge is 2.28. The van der Waals surface area contributed by atoms with E-state index in [1.54, 1.807) is 0 Å². The summed E-state index contributed by atoms with van der Waals surface area (Å²) in [5.41, 5.74) is 7.95. The second-order valence-corrected chi connectivity index (χ2v) is 6.19. The molecule has 0 spiro atoms. The topological polar surface area (TPSA) is 46.3 Å². The fourth-order valence-corrected chi connectivity index (χ4v) is 2.87. The van der Waals surface area contributed by atoms with Gasteiger partial charge in [-0.25, -0.2) is 0 Å². The number of carbonyl (C=O) groups excluding carboxylic acids is 1. The van der Waals surface area contributed by atoms with Gasteiger partial charge in [0.05, 0.1) is 0 Å². The van der Waals surface area contributed by atoms with Gasteiger partial charge >= 0.3 is 0 Å². The third kappa shape index (κ3) is 3.18. The van der Waals surface area contributed by atoms with Crippen molar-refractivity contribution in [2.75, 3.05) is 13.1 Å². The van der Waals surface area contributed by atoms with Crippen LogP contribution in [0.4, 0.5) is 0 Å². The molecule has 1 aliphatic heterocycles. The van der Waals surface area contributed by atoms with Crippen LogP contribution < -0.4 is 5.73 Å². The van der Waals surface area contributed by atoms with Gasteiger partial charge in [-0.05, 0) is 43.0 Å². The molecule has 1 heterocycles. The van der Waals surface area contributed by atoms with Crippen molar-refractivity contribution in [3.63, 3.8) is 0 Å². The number of piperidine rings is 1. The summed E-state index contributed by atoms with van der Waals surface area (Å²) in [4.78, 5) is 14.4. The average molecular weight is 325 g/mol. The molecule has 0 radical (unpaired) electrons. The lowest BCUT2D eigenvalue weighted by Crippen LogP contribution is -2.49. The van der Waals surface area contributed by atoms with Gasteiger partial charge in [0.1, 0.15) is 0 Å². The maximum Gasteiger partial charge on any atom is 0.253 e. The Labute approximate surface area is 123 Å². The molecule has 3 nitrogen and oxygen atoms in total. The van der Waals surface area contributed by atoms with E-state index in [4.69, 9.17) is 5.73 Å². The Morgan fingerprint density at radius 3 is 2.89 bits per heavy atom. The molecule has 0 bridgehead atoms. The maximum absolute atomic E-state index is 12.5. The Morgan fingerprint density at radius 1 is 1.53 bits per heavy atom. The van der Waals surface area contributed by atoms with E-state index < -0.39 is 0 Å². The number of halogens is 1. The molecule has 2 unspecified atom stereocenters. The molecule has 0 saturated carbocycles. The summed E-state index contributed by atoms with van der Waals surface area (Å²) in [6.45, 7) is 5.70. The molecule has 0 aromatic heterocycles. The Bertz CT molecular complexity index is 475. The smallest absolute Gasteiger partial charge is 0.253 e. The van der Waals surface area contributed by atoms with E-state index in [0.717, 1.165) is 41.5 Å². The van der Waals surface area contributed by atoms with E-state index in [9.17, 15) is 4.79 Å². The highest BCUT2D eigenvalue weighted by atomic mass is 79.9. The first-order valence-corrected chi connectivity index (χ1v) is 7.63. The van der Waals surface area contributed by atoms with Crippen molar-refractivity contribution < 1.29 is 4.79 Å². The third-order valence-electron chi connectivity index (χ3n) is 4.01. The zero-order chi connectivity index (χ0) is 14.0. The minimum atomic E-state index is 0.126. The quantitative estimate of drug-likeness (QED) is 0.909. The number of rotatable bonds is 2. The number of aryl methyl sites for hydroxylation is 1. The van der Waals surface area contributed by atoms with E-state index in [2.05, 4.69) is 22.9 Å². The molecule has 2 rings (SSSR count). The largest absolute Gasteiger partial charge is 0.338 e. The highest BCUT2D eigenvalue weighted by Crippen LogP contribution is 2.22. The molecule has 2 atom stereocenters. The number of likely N-dealkylation sites (tertiary alicyclic amines) is 1. The van der Waals surface area contributed by atoms with Gasteiger partial charge in [-0.2, -0.15) is 0 Å². The summed E-state index contributed by atoms with van der Waals surface area (Å²) in [7, 11) is 0. The first-order valence-electron chi connectivity index (χ1n) is 6.84. The monoisotopic (exact) mass is 324 g/mol. The Morgan fingerprint density at radius 2 is 2.26 bits per heavy atom. The normalized spacial score (nSPS) is 23.5. The summed E-state index contributed by atoms with van der Waals surface area (Å²) in [5.74, 6) is 0.551. The van der Waals surface area contributed by atoms with Crippen molar-refractivity contribution >= 4 is 21.8 Å². The lowest BCUT2D eigenvalue weighted by molar-refractivity contribution is 0.0649. The van der Waals surface area contributed by atoms with Crippen LogP contribution in [0.25, 0.3) is 0 Å². The molecule has 4 heteroatoms. The number of benzene rings is 1. The van der Waals surface area contributed by atoms with E-state index in [-0.39, 0.29) is 11.9 Å². The predicted octanol–water partition coefficient (Wildman–Crippen LogP) is 2.96. The third-order valence-corrected chi connectivity index (χ3v) is 4.90. The first kappa shape index (κ1) is 14.5. The molecule has 1 aromatic carbocycles. The fourth-order valence-electron chi connectivity index (χ4n) is 2.63. The van der Waals surface area contributed by atoms with E-state index >= 15 is 0 Å². The Balaban J connectivity index is 2.13. The lowest BCUT2D eigenvalue weighted by atomic mass is 9.90. The van der Waals surface area contributed by atoms with Crippen LogP contribution in [0.2, 0.25) is 0 Å². The highest BCUT2D eigenvalue weighted by molar-refractivity contribution is 9.10. The van der Waals surface area contributed by atoms with Crippen molar-refractivity contribution in [1.82, 2.24) is 4.90 Å². The predicted molar refractivity (Wildman–Crippen MR) is 81.2 cm³/mol. The molecular formula is C15H21BrN2O. The van der Waals surface area contributed by atoms with Crippen molar-refractivity contribution in [2.24, 2.45) is 11.7 Å². The first-order chi connectivity index (χ1) is 9.02. The molecule has 1 amide bonds. The molecule has 0 aliphatic carbocycles. The molecule has 1 fully saturated rings. The summed E-state index contributed by atoms with van der Waals surface area (Å²) >= 11 is 3.46. The summed E-state index contributed by atoms with van der Waals surface area (Å²) in [6, 6.07) is 6.01. The minimum Gasteiger partial charge on any atom is -0.338 e. The number of nitrogens with two attached hydrogens (primary N) is 1. The number of nitrogens with zero attached hydrogens (tertiary/aromatic N) is 1. The molecular weight excluding hydrogens is 304 g/mol. The zero-order valence-electron chi connectivity index (χ0n) is 11.5. The number of hydrogen-bond donors (Lipinski definition) is 1. The average Bonchev–Trinajstić information content (AvgIpc) is 2.41. The Kier molecular flexibility index (Phi) is 4.63. The zero-order valence-corrected chi connectivity index (χ0v) is 13.1. The lowest BCUT2D eigenvalue weighted by Gasteiger charge is -2.36. The van der Waals surface area contributed by atoms with Gasteiger partial charge in [0.15, 0.2) is 0 Å². The van der Waals surface area contributed by atoms with Gasteiger partial charge in [0, 0.05) is 29.2 Å². The van der Waals surface area contributed by atoms with Gasteiger partial charge in [-0.1, -0.05) is 29.3 Å². The van der Waals surface area contributed by atoms with E-state index in [1.165, 1.54) is 0 Å². The van der Waals surface area contributed by atoms with Gasteiger partial charge in [0.25, 0.3) is 5.91 Å². The van der Waals surface area contributed by atoms with Crippen molar-refractivity contribution in [1.29, 1.82) is 0 Å². The summed E-state index contributed by atoms with van der Waals surface area (Å²) < 4.78 is 1.04. The number of amides is 1. The van der Waals surface area contributed by atoms with Crippen LogP contribution in [-0.4, -0.2) is 29.9 Å². The molecule has 2 N–H and O–H groups in total. The summed E-state index contributed by atoms with van der Waals surface area (Å²) in [6.07, 6.45) is 1.93. The van der Waals surface area contributed by atoms with Crippen LogP contribution >= 0.6 is 15.9 Å². The molecule has 1 aromatic rings. The van der Waals surface area contributed by atoms with Crippen molar-refractivity contribution in [3.05, 3.63) is 33.8 Å². The van der Waals surface area contributed by atoms with Crippen LogP contribution in [0.5, 0.6) is 0 Å². The van der Waals surface area contributed by atoms with Gasteiger partial charge in [-0.15, -0.1) is 0 Å². The second-order valence-electron chi connectivity index (χ2n) is 5.34. The van der Waals surface area contributed by atoms with Crippen LogP contribution in [0.1, 0.15) is 35.7 Å². The minimum absolute atomic E-state index is 0.126.